The van der Waals surface area contributed by atoms with Crippen molar-refractivity contribution in [3.63, 3.8) is 0 Å². The smallest absolute Gasteiger partial charge is 0.100 e. The summed E-state index contributed by atoms with van der Waals surface area (Å²) in [4.78, 5) is 2.51. The second-order valence-electron chi connectivity index (χ2n) is 3.47. The SMILES string of the molecule is C1CC23CCN1CC2O3. The summed E-state index contributed by atoms with van der Waals surface area (Å²) in [7, 11) is 0. The first kappa shape index (κ1) is 4.69. The fourth-order valence-electron chi connectivity index (χ4n) is 2.24. The first-order valence-electron chi connectivity index (χ1n) is 3.79. The highest BCUT2D eigenvalue weighted by molar-refractivity contribution is 5.11. The quantitative estimate of drug-likeness (QED) is 0.431. The number of nitrogens with zero attached hydrogens (tertiary/aromatic N) is 1. The lowest BCUT2D eigenvalue weighted by Crippen LogP contribution is -2.47. The normalized spacial score (nSPS) is 61.3. The van der Waals surface area contributed by atoms with Crippen molar-refractivity contribution in [1.29, 1.82) is 0 Å². The molecule has 9 heavy (non-hydrogen) atoms. The number of hydrogen-bond donors (Lipinski definition) is 0. The molecule has 0 radical (unpaired) electrons. The Kier molecular flexibility index (Phi) is 0.616. The number of ether oxygens (including phenoxy) is 1. The Morgan fingerprint density at radius 3 is 2.56 bits per heavy atom. The van der Waals surface area contributed by atoms with Gasteiger partial charge in [-0.05, 0) is 12.8 Å². The van der Waals surface area contributed by atoms with Gasteiger partial charge in [0.25, 0.3) is 0 Å². The average Bonchev–Trinajstić information content (AvgIpc) is 2.60. The van der Waals surface area contributed by atoms with Crippen LogP contribution >= 0.6 is 0 Å². The highest BCUT2D eigenvalue weighted by Gasteiger charge is 2.61. The van der Waals surface area contributed by atoms with E-state index >= 15 is 0 Å². The molecule has 0 aromatic rings. The number of fused-ring (bicyclic) bond motifs is 2. The van der Waals surface area contributed by atoms with E-state index in [4.69, 9.17) is 4.74 Å². The molecule has 4 rings (SSSR count). The summed E-state index contributed by atoms with van der Waals surface area (Å²) in [6.45, 7) is 3.80. The van der Waals surface area contributed by atoms with Crippen molar-refractivity contribution in [3.8, 4) is 0 Å². The highest BCUT2D eigenvalue weighted by Crippen LogP contribution is 2.49. The van der Waals surface area contributed by atoms with Gasteiger partial charge in [0, 0.05) is 19.6 Å². The Hall–Kier alpha value is -0.0800. The zero-order valence-electron chi connectivity index (χ0n) is 5.47. The topological polar surface area (TPSA) is 15.8 Å². The third kappa shape index (κ3) is 0.447. The summed E-state index contributed by atoms with van der Waals surface area (Å²) in [5.74, 6) is 0. The van der Waals surface area contributed by atoms with Gasteiger partial charge >= 0.3 is 0 Å². The van der Waals surface area contributed by atoms with Crippen molar-refractivity contribution in [1.82, 2.24) is 4.90 Å². The second kappa shape index (κ2) is 1.18. The number of rotatable bonds is 0. The molecular weight excluding hydrogens is 114 g/mol. The molecule has 0 aromatic heterocycles. The maximum Gasteiger partial charge on any atom is 0.100 e. The van der Waals surface area contributed by atoms with Crippen LogP contribution in [-0.4, -0.2) is 36.2 Å². The summed E-state index contributed by atoms with van der Waals surface area (Å²) in [5.41, 5.74) is 0.411. The molecule has 0 aromatic carbocycles. The molecule has 0 aliphatic carbocycles. The Labute approximate surface area is 54.8 Å². The minimum Gasteiger partial charge on any atom is -0.365 e. The number of hydrogen-bond acceptors (Lipinski definition) is 2. The maximum absolute atomic E-state index is 5.61. The molecule has 4 saturated heterocycles. The average molecular weight is 125 g/mol. The van der Waals surface area contributed by atoms with Crippen LogP contribution in [0.5, 0.6) is 0 Å². The van der Waals surface area contributed by atoms with E-state index < -0.39 is 0 Å². The van der Waals surface area contributed by atoms with Crippen molar-refractivity contribution in [2.24, 2.45) is 0 Å². The summed E-state index contributed by atoms with van der Waals surface area (Å²) in [6.07, 6.45) is 3.25. The van der Waals surface area contributed by atoms with E-state index in [1.807, 2.05) is 0 Å². The van der Waals surface area contributed by atoms with Gasteiger partial charge in [-0.1, -0.05) is 0 Å². The molecule has 1 atom stereocenters. The number of epoxide rings is 1. The van der Waals surface area contributed by atoms with Crippen LogP contribution in [0.25, 0.3) is 0 Å². The molecule has 4 aliphatic rings. The van der Waals surface area contributed by atoms with Gasteiger partial charge in [0.05, 0.1) is 5.60 Å². The molecule has 2 bridgehead atoms. The lowest BCUT2D eigenvalue weighted by Gasteiger charge is -2.34. The van der Waals surface area contributed by atoms with Crippen molar-refractivity contribution >= 4 is 0 Å². The van der Waals surface area contributed by atoms with Crippen molar-refractivity contribution in [3.05, 3.63) is 0 Å². The van der Waals surface area contributed by atoms with Crippen LogP contribution in [0.15, 0.2) is 0 Å². The zero-order valence-corrected chi connectivity index (χ0v) is 5.47. The third-order valence-corrected chi connectivity index (χ3v) is 3.03. The van der Waals surface area contributed by atoms with Crippen LogP contribution in [0.4, 0.5) is 0 Å². The van der Waals surface area contributed by atoms with Crippen LogP contribution in [0.2, 0.25) is 0 Å². The fraction of sp³-hybridized carbons (Fsp3) is 1.00. The van der Waals surface area contributed by atoms with E-state index in [9.17, 15) is 0 Å². The second-order valence-corrected chi connectivity index (χ2v) is 3.47. The molecule has 0 amide bonds. The Morgan fingerprint density at radius 1 is 1.33 bits per heavy atom. The van der Waals surface area contributed by atoms with Crippen LogP contribution < -0.4 is 0 Å². The molecule has 1 unspecified atom stereocenters. The van der Waals surface area contributed by atoms with E-state index in [0.717, 1.165) is 0 Å². The lowest BCUT2D eigenvalue weighted by molar-refractivity contribution is 0.146. The van der Waals surface area contributed by atoms with Crippen LogP contribution in [-0.2, 0) is 4.74 Å². The van der Waals surface area contributed by atoms with Crippen LogP contribution in [0.3, 0.4) is 0 Å². The maximum atomic E-state index is 5.61. The molecular formula is C7H11NO. The minimum atomic E-state index is 0.411. The van der Waals surface area contributed by atoms with E-state index in [2.05, 4.69) is 4.90 Å². The summed E-state index contributed by atoms with van der Waals surface area (Å²) in [5, 5.41) is 0. The van der Waals surface area contributed by atoms with Gasteiger partial charge in [-0.15, -0.1) is 0 Å². The first-order chi connectivity index (χ1) is 4.39. The van der Waals surface area contributed by atoms with Crippen LogP contribution in [0.1, 0.15) is 12.8 Å². The Morgan fingerprint density at radius 2 is 2.11 bits per heavy atom. The molecule has 1 spiro atoms. The molecule has 50 valence electrons. The molecule has 2 heteroatoms. The van der Waals surface area contributed by atoms with Crippen LogP contribution in [0, 0.1) is 0 Å². The fourth-order valence-corrected chi connectivity index (χ4v) is 2.24. The lowest BCUT2D eigenvalue weighted by atomic mass is 9.88. The largest absolute Gasteiger partial charge is 0.365 e. The zero-order chi connectivity index (χ0) is 5.90. The third-order valence-electron chi connectivity index (χ3n) is 3.03. The summed E-state index contributed by atoms with van der Waals surface area (Å²) in [6, 6.07) is 0. The van der Waals surface area contributed by atoms with Crippen molar-refractivity contribution in [2.75, 3.05) is 19.6 Å². The molecule has 0 N–H and O–H groups in total. The van der Waals surface area contributed by atoms with Gasteiger partial charge in [0.15, 0.2) is 0 Å². The van der Waals surface area contributed by atoms with Gasteiger partial charge < -0.3 is 9.64 Å². The van der Waals surface area contributed by atoms with E-state index in [-0.39, 0.29) is 0 Å². The van der Waals surface area contributed by atoms with Gasteiger partial charge in [-0.2, -0.15) is 0 Å². The molecule has 2 nitrogen and oxygen atoms in total. The van der Waals surface area contributed by atoms with Crippen molar-refractivity contribution in [2.45, 2.75) is 24.5 Å². The Balaban J connectivity index is 1.97. The predicted octanol–water partition coefficient (Wildman–Crippen LogP) is 0.233. The standard InChI is InChI=1S/C7H11NO/c1-3-8-4-2-7(1)6(5-8)9-7/h6H,1-5H2. The van der Waals surface area contributed by atoms with E-state index in [1.165, 1.54) is 32.5 Å². The van der Waals surface area contributed by atoms with Gasteiger partial charge in [-0.25, -0.2) is 0 Å². The Bertz CT molecular complexity index is 146. The number of piperidine rings is 3. The van der Waals surface area contributed by atoms with E-state index in [1.54, 1.807) is 0 Å². The monoisotopic (exact) mass is 125 g/mol. The molecule has 0 saturated carbocycles. The molecule has 4 heterocycles. The van der Waals surface area contributed by atoms with Crippen molar-refractivity contribution < 1.29 is 4.74 Å². The highest BCUT2D eigenvalue weighted by atomic mass is 16.6. The minimum absolute atomic E-state index is 0.411. The van der Waals surface area contributed by atoms with Gasteiger partial charge in [0.1, 0.15) is 6.10 Å². The molecule has 4 fully saturated rings. The predicted molar refractivity (Wildman–Crippen MR) is 33.3 cm³/mol. The summed E-state index contributed by atoms with van der Waals surface area (Å²) < 4.78 is 5.61. The van der Waals surface area contributed by atoms with Gasteiger partial charge in [-0.3, -0.25) is 0 Å². The first-order valence-corrected chi connectivity index (χ1v) is 3.79. The summed E-state index contributed by atoms with van der Waals surface area (Å²) >= 11 is 0. The molecule has 4 aliphatic heterocycles. The van der Waals surface area contributed by atoms with Gasteiger partial charge in [0.2, 0.25) is 0 Å². The van der Waals surface area contributed by atoms with E-state index in [0.29, 0.717) is 11.7 Å².